The minimum Gasteiger partial charge on any atom is -0.493 e. The van der Waals surface area contributed by atoms with E-state index in [2.05, 4.69) is 40.7 Å². The van der Waals surface area contributed by atoms with E-state index >= 15 is 0 Å². The Bertz CT molecular complexity index is 717. The monoisotopic (exact) mass is 529 g/mol. The quantitative estimate of drug-likeness (QED) is 0.321. The SMILES string of the molecule is CCNC(=NCCc1ccc2c(c1)CCO2)NC1CCN(CC(=O)N(C)C)CC1.I. The van der Waals surface area contributed by atoms with Gasteiger partial charge in [0.15, 0.2) is 5.96 Å². The van der Waals surface area contributed by atoms with E-state index in [1.165, 1.54) is 11.1 Å². The highest BCUT2D eigenvalue weighted by Gasteiger charge is 2.22. The van der Waals surface area contributed by atoms with E-state index in [-0.39, 0.29) is 29.9 Å². The van der Waals surface area contributed by atoms with Crippen LogP contribution in [-0.2, 0) is 17.6 Å². The Kier molecular flexibility index (Phi) is 10.2. The highest BCUT2D eigenvalue weighted by atomic mass is 127. The van der Waals surface area contributed by atoms with Gasteiger partial charge in [-0.2, -0.15) is 0 Å². The Balaban J connectivity index is 0.00000320. The van der Waals surface area contributed by atoms with Crippen molar-refractivity contribution in [2.24, 2.45) is 4.99 Å². The van der Waals surface area contributed by atoms with Crippen molar-refractivity contribution in [2.75, 3.05) is 53.4 Å². The minimum absolute atomic E-state index is 0. The molecule has 1 saturated heterocycles. The van der Waals surface area contributed by atoms with E-state index in [4.69, 9.17) is 9.73 Å². The van der Waals surface area contributed by atoms with Gasteiger partial charge in [0.1, 0.15) is 5.75 Å². The van der Waals surface area contributed by atoms with Crippen LogP contribution < -0.4 is 15.4 Å². The first-order valence-corrected chi connectivity index (χ1v) is 10.8. The summed E-state index contributed by atoms with van der Waals surface area (Å²) < 4.78 is 5.58. The lowest BCUT2D eigenvalue weighted by molar-refractivity contribution is -0.130. The van der Waals surface area contributed by atoms with E-state index in [0.29, 0.717) is 12.6 Å². The number of ether oxygens (including phenoxy) is 1. The summed E-state index contributed by atoms with van der Waals surface area (Å²) in [7, 11) is 3.62. The third-order valence-electron chi connectivity index (χ3n) is 5.55. The Morgan fingerprint density at radius 2 is 2.07 bits per heavy atom. The molecule has 0 bridgehead atoms. The van der Waals surface area contributed by atoms with Gasteiger partial charge in [0.2, 0.25) is 5.91 Å². The van der Waals surface area contributed by atoms with Gasteiger partial charge >= 0.3 is 0 Å². The summed E-state index contributed by atoms with van der Waals surface area (Å²) in [5, 5.41) is 6.94. The average molecular weight is 529 g/mol. The Hall–Kier alpha value is -1.55. The molecule has 0 aromatic heterocycles. The number of likely N-dealkylation sites (N-methyl/N-ethyl adjacent to an activating group) is 1. The molecular weight excluding hydrogens is 493 g/mol. The molecule has 0 saturated carbocycles. The number of rotatable bonds is 7. The van der Waals surface area contributed by atoms with E-state index in [1.54, 1.807) is 4.90 Å². The predicted molar refractivity (Wildman–Crippen MR) is 132 cm³/mol. The zero-order valence-electron chi connectivity index (χ0n) is 18.4. The van der Waals surface area contributed by atoms with Crippen LogP contribution in [0.5, 0.6) is 5.75 Å². The largest absolute Gasteiger partial charge is 0.493 e. The summed E-state index contributed by atoms with van der Waals surface area (Å²) in [6.07, 6.45) is 3.98. The molecule has 2 aliphatic heterocycles. The fourth-order valence-electron chi connectivity index (χ4n) is 3.77. The minimum atomic E-state index is 0. The standard InChI is InChI=1S/C22H35N5O2.HI/c1-4-23-22(24-11-7-17-5-6-20-18(15-17)10-14-29-20)25-19-8-12-27(13-9-19)16-21(28)26(2)3;/h5-6,15,19H,4,7-14,16H2,1-3H3,(H2,23,24,25);1H. The van der Waals surface area contributed by atoms with Crippen molar-refractivity contribution >= 4 is 35.8 Å². The van der Waals surface area contributed by atoms with Crippen LogP contribution in [0.15, 0.2) is 23.2 Å². The molecule has 1 aromatic carbocycles. The number of halogens is 1. The zero-order valence-corrected chi connectivity index (χ0v) is 20.8. The molecule has 0 aliphatic carbocycles. The number of hydrogen-bond donors (Lipinski definition) is 2. The Morgan fingerprint density at radius 3 is 2.77 bits per heavy atom. The fourth-order valence-corrected chi connectivity index (χ4v) is 3.77. The molecule has 7 nitrogen and oxygen atoms in total. The Labute approximate surface area is 197 Å². The number of hydrogen-bond acceptors (Lipinski definition) is 4. The summed E-state index contributed by atoms with van der Waals surface area (Å²) in [6.45, 7) is 6.88. The number of likely N-dealkylation sites (tertiary alicyclic amines) is 1. The van der Waals surface area contributed by atoms with Crippen LogP contribution in [0.1, 0.15) is 30.9 Å². The van der Waals surface area contributed by atoms with Crippen molar-refractivity contribution < 1.29 is 9.53 Å². The molecule has 1 aromatic rings. The van der Waals surface area contributed by atoms with Crippen molar-refractivity contribution in [3.63, 3.8) is 0 Å². The molecule has 0 atom stereocenters. The lowest BCUT2D eigenvalue weighted by Crippen LogP contribution is -2.50. The molecule has 168 valence electrons. The molecule has 2 N–H and O–H groups in total. The van der Waals surface area contributed by atoms with E-state index in [9.17, 15) is 4.79 Å². The second-order valence-corrected chi connectivity index (χ2v) is 8.03. The average Bonchev–Trinajstić information content (AvgIpc) is 3.17. The number of aliphatic imine (C=N–C) groups is 1. The van der Waals surface area contributed by atoms with Crippen molar-refractivity contribution in [3.8, 4) is 5.75 Å². The first-order valence-electron chi connectivity index (χ1n) is 10.8. The number of carbonyl (C=O) groups excluding carboxylic acids is 1. The van der Waals surface area contributed by atoms with Crippen LogP contribution >= 0.6 is 24.0 Å². The van der Waals surface area contributed by atoms with Gasteiger partial charge < -0.3 is 20.3 Å². The lowest BCUT2D eigenvalue weighted by atomic mass is 10.1. The molecule has 0 spiro atoms. The molecule has 1 fully saturated rings. The normalized spacial score (nSPS) is 17.0. The predicted octanol–water partition coefficient (Wildman–Crippen LogP) is 1.89. The van der Waals surface area contributed by atoms with Crippen LogP contribution in [0.2, 0.25) is 0 Å². The third-order valence-corrected chi connectivity index (χ3v) is 5.55. The molecule has 8 heteroatoms. The zero-order chi connectivity index (χ0) is 20.6. The number of piperidine rings is 1. The van der Waals surface area contributed by atoms with Gasteiger partial charge in [0.05, 0.1) is 13.2 Å². The first kappa shape index (κ1) is 24.7. The number of amides is 1. The van der Waals surface area contributed by atoms with Crippen molar-refractivity contribution in [3.05, 3.63) is 29.3 Å². The molecule has 2 heterocycles. The molecule has 3 rings (SSSR count). The van der Waals surface area contributed by atoms with E-state index in [1.807, 2.05) is 14.1 Å². The summed E-state index contributed by atoms with van der Waals surface area (Å²) in [5.74, 6) is 2.09. The highest BCUT2D eigenvalue weighted by molar-refractivity contribution is 14.0. The van der Waals surface area contributed by atoms with E-state index < -0.39 is 0 Å². The summed E-state index contributed by atoms with van der Waals surface area (Å²) >= 11 is 0. The van der Waals surface area contributed by atoms with Gasteiger partial charge in [0, 0.05) is 52.7 Å². The van der Waals surface area contributed by atoms with Crippen LogP contribution in [-0.4, -0.2) is 81.1 Å². The number of fused-ring (bicyclic) bond motifs is 1. The van der Waals surface area contributed by atoms with Gasteiger partial charge in [-0.15, -0.1) is 24.0 Å². The first-order chi connectivity index (χ1) is 14.0. The van der Waals surface area contributed by atoms with Crippen LogP contribution in [0.4, 0.5) is 0 Å². The Morgan fingerprint density at radius 1 is 1.30 bits per heavy atom. The van der Waals surface area contributed by atoms with Gasteiger partial charge in [-0.1, -0.05) is 12.1 Å². The van der Waals surface area contributed by atoms with Gasteiger partial charge in [-0.3, -0.25) is 14.7 Å². The number of carbonyl (C=O) groups is 1. The number of guanidine groups is 1. The van der Waals surface area contributed by atoms with Gasteiger partial charge in [-0.25, -0.2) is 0 Å². The van der Waals surface area contributed by atoms with Gasteiger partial charge in [0.25, 0.3) is 0 Å². The fraction of sp³-hybridized carbons (Fsp3) is 0.636. The number of nitrogens with zero attached hydrogens (tertiary/aromatic N) is 3. The van der Waals surface area contributed by atoms with Crippen molar-refractivity contribution in [1.29, 1.82) is 0 Å². The number of benzene rings is 1. The second-order valence-electron chi connectivity index (χ2n) is 8.03. The maximum absolute atomic E-state index is 11.9. The topological polar surface area (TPSA) is 69.2 Å². The van der Waals surface area contributed by atoms with Crippen molar-refractivity contribution in [1.82, 2.24) is 20.4 Å². The van der Waals surface area contributed by atoms with Crippen LogP contribution in [0.3, 0.4) is 0 Å². The molecule has 0 radical (unpaired) electrons. The second kappa shape index (κ2) is 12.3. The van der Waals surface area contributed by atoms with Crippen LogP contribution in [0, 0.1) is 0 Å². The van der Waals surface area contributed by atoms with Crippen LogP contribution in [0.25, 0.3) is 0 Å². The maximum atomic E-state index is 11.9. The molecule has 0 unspecified atom stereocenters. The summed E-state index contributed by atoms with van der Waals surface area (Å²) in [5.41, 5.74) is 2.63. The maximum Gasteiger partial charge on any atom is 0.236 e. The van der Waals surface area contributed by atoms with E-state index in [0.717, 1.165) is 70.2 Å². The lowest BCUT2D eigenvalue weighted by Gasteiger charge is -2.33. The van der Waals surface area contributed by atoms with Crippen molar-refractivity contribution in [2.45, 2.75) is 38.6 Å². The highest BCUT2D eigenvalue weighted by Crippen LogP contribution is 2.25. The molecule has 1 amide bonds. The summed E-state index contributed by atoms with van der Waals surface area (Å²) in [4.78, 5) is 20.6. The third kappa shape index (κ3) is 7.30. The van der Waals surface area contributed by atoms with Gasteiger partial charge in [-0.05, 0) is 43.4 Å². The smallest absolute Gasteiger partial charge is 0.236 e. The summed E-state index contributed by atoms with van der Waals surface area (Å²) in [6, 6.07) is 6.88. The molecule has 30 heavy (non-hydrogen) atoms. The molecular formula is C22H36IN5O2. The molecule has 2 aliphatic rings. The number of nitrogens with one attached hydrogen (secondary N) is 2.